The van der Waals surface area contributed by atoms with Gasteiger partial charge in [-0.1, -0.05) is 12.1 Å². The van der Waals surface area contributed by atoms with Gasteiger partial charge in [-0.3, -0.25) is 0 Å². The molecular formula is C15H11FN2S. The van der Waals surface area contributed by atoms with E-state index in [-0.39, 0.29) is 5.82 Å². The highest BCUT2D eigenvalue weighted by Crippen LogP contribution is 2.40. The summed E-state index contributed by atoms with van der Waals surface area (Å²) >= 11 is 1.60. The fourth-order valence-corrected chi connectivity index (χ4v) is 3.46. The molecule has 19 heavy (non-hydrogen) atoms. The number of benzene rings is 1. The maximum Gasteiger partial charge on any atom is 0.134 e. The van der Waals surface area contributed by atoms with E-state index in [9.17, 15) is 9.65 Å². The smallest absolute Gasteiger partial charge is 0.134 e. The molecule has 1 aromatic carbocycles. The van der Waals surface area contributed by atoms with Crippen LogP contribution in [0.5, 0.6) is 0 Å². The minimum atomic E-state index is -0.259. The third kappa shape index (κ3) is 2.29. The van der Waals surface area contributed by atoms with Crippen LogP contribution in [-0.4, -0.2) is 6.21 Å². The Hall–Kier alpha value is -1.99. The SMILES string of the molecule is N#Cc1c(/N=C/c2ccc(F)cc2)sc2c1CCC2. The number of thiophene rings is 1. The molecule has 1 aromatic heterocycles. The Kier molecular flexibility index (Phi) is 3.14. The number of fused-ring (bicyclic) bond motifs is 1. The first-order chi connectivity index (χ1) is 9.28. The monoisotopic (exact) mass is 270 g/mol. The van der Waals surface area contributed by atoms with Crippen LogP contribution in [0.15, 0.2) is 29.3 Å². The van der Waals surface area contributed by atoms with Gasteiger partial charge in [-0.05, 0) is 42.5 Å². The summed E-state index contributed by atoms with van der Waals surface area (Å²) in [4.78, 5) is 5.68. The van der Waals surface area contributed by atoms with Crippen molar-refractivity contribution in [3.63, 3.8) is 0 Å². The van der Waals surface area contributed by atoms with E-state index >= 15 is 0 Å². The molecule has 2 aromatic rings. The average Bonchev–Trinajstić information content (AvgIpc) is 2.98. The van der Waals surface area contributed by atoms with Crippen LogP contribution in [0.2, 0.25) is 0 Å². The molecule has 0 unspecified atom stereocenters. The molecule has 2 nitrogen and oxygen atoms in total. The Labute approximate surface area is 114 Å². The van der Waals surface area contributed by atoms with Gasteiger partial charge in [-0.2, -0.15) is 5.26 Å². The predicted octanol–water partition coefficient (Wildman–Crippen LogP) is 4.00. The Morgan fingerprint density at radius 3 is 2.79 bits per heavy atom. The van der Waals surface area contributed by atoms with Crippen LogP contribution in [0, 0.1) is 17.1 Å². The lowest BCUT2D eigenvalue weighted by molar-refractivity contribution is 0.628. The molecule has 0 atom stereocenters. The number of nitriles is 1. The fraction of sp³-hybridized carbons (Fsp3) is 0.200. The Bertz CT molecular complexity index is 677. The number of hydrogen-bond acceptors (Lipinski definition) is 3. The number of hydrogen-bond donors (Lipinski definition) is 0. The lowest BCUT2D eigenvalue weighted by Gasteiger charge is -1.94. The van der Waals surface area contributed by atoms with Crippen molar-refractivity contribution < 1.29 is 4.39 Å². The molecule has 1 aliphatic rings. The van der Waals surface area contributed by atoms with Crippen LogP contribution >= 0.6 is 11.3 Å². The molecule has 0 spiro atoms. The second-order valence-corrected chi connectivity index (χ2v) is 5.54. The maximum atomic E-state index is 12.8. The molecule has 0 fully saturated rings. The molecule has 1 heterocycles. The Morgan fingerprint density at radius 1 is 1.26 bits per heavy atom. The summed E-state index contributed by atoms with van der Waals surface area (Å²) in [6.45, 7) is 0. The minimum absolute atomic E-state index is 0.259. The first-order valence-electron chi connectivity index (χ1n) is 6.12. The van der Waals surface area contributed by atoms with Gasteiger partial charge in [0.2, 0.25) is 0 Å². The van der Waals surface area contributed by atoms with E-state index in [0.29, 0.717) is 0 Å². The number of halogens is 1. The van der Waals surface area contributed by atoms with Crippen LogP contribution in [0.1, 0.15) is 28.0 Å². The summed E-state index contributed by atoms with van der Waals surface area (Å²) < 4.78 is 12.8. The largest absolute Gasteiger partial charge is 0.244 e. The summed E-state index contributed by atoms with van der Waals surface area (Å²) in [6.07, 6.45) is 4.86. The van der Waals surface area contributed by atoms with E-state index in [4.69, 9.17) is 0 Å². The normalized spacial score (nSPS) is 13.7. The second kappa shape index (κ2) is 4.94. The number of aliphatic imine (C=N–C) groups is 1. The van der Waals surface area contributed by atoms with E-state index in [2.05, 4.69) is 11.1 Å². The van der Waals surface area contributed by atoms with E-state index in [0.717, 1.165) is 35.4 Å². The summed E-state index contributed by atoms with van der Waals surface area (Å²) in [5, 5.41) is 10.0. The van der Waals surface area contributed by atoms with Crippen LogP contribution in [0.25, 0.3) is 0 Å². The lowest BCUT2D eigenvalue weighted by Crippen LogP contribution is -1.82. The minimum Gasteiger partial charge on any atom is -0.244 e. The topological polar surface area (TPSA) is 36.1 Å². The van der Waals surface area contributed by atoms with Gasteiger partial charge in [-0.25, -0.2) is 9.38 Å². The van der Waals surface area contributed by atoms with Crippen LogP contribution in [0.4, 0.5) is 9.39 Å². The lowest BCUT2D eigenvalue weighted by atomic mass is 10.1. The van der Waals surface area contributed by atoms with Crippen LogP contribution < -0.4 is 0 Å². The Balaban J connectivity index is 1.92. The van der Waals surface area contributed by atoms with Gasteiger partial charge in [0.25, 0.3) is 0 Å². The number of nitrogens with zero attached hydrogens (tertiary/aromatic N) is 2. The van der Waals surface area contributed by atoms with Gasteiger partial charge in [0.15, 0.2) is 0 Å². The van der Waals surface area contributed by atoms with Gasteiger partial charge in [0.05, 0.1) is 5.56 Å². The van der Waals surface area contributed by atoms with Crippen molar-refractivity contribution in [2.75, 3.05) is 0 Å². The van der Waals surface area contributed by atoms with Gasteiger partial charge >= 0.3 is 0 Å². The van der Waals surface area contributed by atoms with E-state index < -0.39 is 0 Å². The standard InChI is InChI=1S/C15H11FN2S/c16-11-6-4-10(5-7-11)9-18-15-13(8-17)12-2-1-3-14(12)19-15/h4-7,9H,1-3H2/b18-9+. The third-order valence-electron chi connectivity index (χ3n) is 3.22. The fourth-order valence-electron chi connectivity index (χ4n) is 2.28. The van der Waals surface area contributed by atoms with Crippen molar-refractivity contribution in [2.45, 2.75) is 19.3 Å². The summed E-state index contributed by atoms with van der Waals surface area (Å²) in [5.74, 6) is -0.259. The van der Waals surface area contributed by atoms with Gasteiger partial charge in [0, 0.05) is 11.1 Å². The summed E-state index contributed by atoms with van der Waals surface area (Å²) in [5.41, 5.74) is 2.73. The maximum absolute atomic E-state index is 12.8. The van der Waals surface area contributed by atoms with E-state index in [1.807, 2.05) is 0 Å². The second-order valence-electron chi connectivity index (χ2n) is 4.46. The van der Waals surface area contributed by atoms with E-state index in [1.54, 1.807) is 29.7 Å². The number of aryl methyl sites for hydroxylation is 1. The average molecular weight is 270 g/mol. The van der Waals surface area contributed by atoms with Crippen molar-refractivity contribution in [2.24, 2.45) is 4.99 Å². The molecule has 4 heteroatoms. The van der Waals surface area contributed by atoms with Crippen molar-refractivity contribution in [1.82, 2.24) is 0 Å². The zero-order chi connectivity index (χ0) is 13.2. The Morgan fingerprint density at radius 2 is 2.05 bits per heavy atom. The molecular weight excluding hydrogens is 259 g/mol. The zero-order valence-corrected chi connectivity index (χ0v) is 11.0. The third-order valence-corrected chi connectivity index (χ3v) is 4.42. The van der Waals surface area contributed by atoms with Gasteiger partial charge < -0.3 is 0 Å². The molecule has 0 aliphatic heterocycles. The van der Waals surface area contributed by atoms with Crippen LogP contribution in [0.3, 0.4) is 0 Å². The first-order valence-corrected chi connectivity index (χ1v) is 6.94. The molecule has 0 bridgehead atoms. The molecule has 3 rings (SSSR count). The molecule has 0 saturated carbocycles. The van der Waals surface area contributed by atoms with Crippen molar-refractivity contribution in [1.29, 1.82) is 5.26 Å². The zero-order valence-electron chi connectivity index (χ0n) is 10.2. The van der Waals surface area contributed by atoms with Gasteiger partial charge in [-0.15, -0.1) is 11.3 Å². The summed E-state index contributed by atoms with van der Waals surface area (Å²) in [7, 11) is 0. The predicted molar refractivity (Wildman–Crippen MR) is 74.7 cm³/mol. The van der Waals surface area contributed by atoms with Crippen molar-refractivity contribution in [3.8, 4) is 6.07 Å². The molecule has 1 aliphatic carbocycles. The number of rotatable bonds is 2. The van der Waals surface area contributed by atoms with Gasteiger partial charge in [0.1, 0.15) is 16.9 Å². The quantitative estimate of drug-likeness (QED) is 0.760. The van der Waals surface area contributed by atoms with Crippen LogP contribution in [-0.2, 0) is 12.8 Å². The highest BCUT2D eigenvalue weighted by atomic mass is 32.1. The molecule has 0 amide bonds. The summed E-state index contributed by atoms with van der Waals surface area (Å²) in [6, 6.07) is 8.41. The van der Waals surface area contributed by atoms with Crippen molar-refractivity contribution in [3.05, 3.63) is 51.7 Å². The molecule has 0 radical (unpaired) electrons. The molecule has 0 saturated heterocycles. The van der Waals surface area contributed by atoms with E-state index in [1.165, 1.54) is 22.6 Å². The first kappa shape index (κ1) is 12.1. The molecule has 94 valence electrons. The highest BCUT2D eigenvalue weighted by Gasteiger charge is 2.21. The van der Waals surface area contributed by atoms with Crippen molar-refractivity contribution >= 4 is 22.6 Å². The highest BCUT2D eigenvalue weighted by molar-refractivity contribution is 7.16. The molecule has 0 N–H and O–H groups in total.